The van der Waals surface area contributed by atoms with Gasteiger partial charge in [0.05, 0.1) is 12.6 Å². The zero-order valence-corrected chi connectivity index (χ0v) is 8.66. The standard InChI is InChI=1S/C12H13NO/c1-8-6-9(2)12-10(7-8)4-5-11(13-12)14-3/h4-7H,1-3H3. The van der Waals surface area contributed by atoms with E-state index in [9.17, 15) is 0 Å². The van der Waals surface area contributed by atoms with Crippen LogP contribution in [0.2, 0.25) is 0 Å². The summed E-state index contributed by atoms with van der Waals surface area (Å²) in [6.45, 7) is 4.17. The smallest absolute Gasteiger partial charge is 0.213 e. The first-order valence-corrected chi connectivity index (χ1v) is 4.62. The highest BCUT2D eigenvalue weighted by atomic mass is 16.5. The molecule has 0 saturated carbocycles. The zero-order chi connectivity index (χ0) is 10.1. The summed E-state index contributed by atoms with van der Waals surface area (Å²) < 4.78 is 5.10. The summed E-state index contributed by atoms with van der Waals surface area (Å²) in [5, 5.41) is 1.17. The summed E-state index contributed by atoms with van der Waals surface area (Å²) in [5.74, 6) is 0.671. The van der Waals surface area contributed by atoms with Crippen LogP contribution in [0.15, 0.2) is 24.3 Å². The lowest BCUT2D eigenvalue weighted by Crippen LogP contribution is -1.90. The lowest BCUT2D eigenvalue weighted by atomic mass is 10.1. The van der Waals surface area contributed by atoms with Gasteiger partial charge in [-0.1, -0.05) is 11.6 Å². The van der Waals surface area contributed by atoms with E-state index < -0.39 is 0 Å². The van der Waals surface area contributed by atoms with Crippen molar-refractivity contribution in [2.45, 2.75) is 13.8 Å². The molecule has 0 unspecified atom stereocenters. The zero-order valence-electron chi connectivity index (χ0n) is 8.66. The van der Waals surface area contributed by atoms with Gasteiger partial charge in [-0.25, -0.2) is 4.98 Å². The molecule has 2 aromatic rings. The molecule has 0 aliphatic rings. The Labute approximate surface area is 83.5 Å². The van der Waals surface area contributed by atoms with Crippen molar-refractivity contribution < 1.29 is 4.74 Å². The molecule has 0 fully saturated rings. The summed E-state index contributed by atoms with van der Waals surface area (Å²) in [7, 11) is 1.64. The maximum atomic E-state index is 5.10. The van der Waals surface area contributed by atoms with Gasteiger partial charge < -0.3 is 4.74 Å². The van der Waals surface area contributed by atoms with E-state index >= 15 is 0 Å². The first-order chi connectivity index (χ1) is 6.70. The van der Waals surface area contributed by atoms with E-state index in [-0.39, 0.29) is 0 Å². The Morgan fingerprint density at radius 2 is 1.93 bits per heavy atom. The van der Waals surface area contributed by atoms with Gasteiger partial charge in [0.25, 0.3) is 0 Å². The lowest BCUT2D eigenvalue weighted by molar-refractivity contribution is 0.399. The number of nitrogens with zero attached hydrogens (tertiary/aromatic N) is 1. The maximum Gasteiger partial charge on any atom is 0.213 e. The van der Waals surface area contributed by atoms with Gasteiger partial charge in [-0.15, -0.1) is 0 Å². The van der Waals surface area contributed by atoms with E-state index in [4.69, 9.17) is 4.74 Å². The molecule has 2 heteroatoms. The number of fused-ring (bicyclic) bond motifs is 1. The molecule has 0 aliphatic heterocycles. The molecule has 1 aromatic carbocycles. The first kappa shape index (κ1) is 9.00. The third-order valence-electron chi connectivity index (χ3n) is 2.31. The Balaban J connectivity index is 2.75. The predicted octanol–water partition coefficient (Wildman–Crippen LogP) is 2.86. The van der Waals surface area contributed by atoms with E-state index in [1.807, 2.05) is 12.1 Å². The number of hydrogen-bond acceptors (Lipinski definition) is 2. The molecule has 0 atom stereocenters. The molecule has 2 nitrogen and oxygen atoms in total. The number of hydrogen-bond donors (Lipinski definition) is 0. The number of methoxy groups -OCH3 is 1. The minimum atomic E-state index is 0.671. The van der Waals surface area contributed by atoms with Crippen LogP contribution in [0.1, 0.15) is 11.1 Å². The number of aryl methyl sites for hydroxylation is 2. The topological polar surface area (TPSA) is 22.1 Å². The fourth-order valence-corrected chi connectivity index (χ4v) is 1.69. The van der Waals surface area contributed by atoms with E-state index in [0.29, 0.717) is 5.88 Å². The SMILES string of the molecule is COc1ccc2cc(C)cc(C)c2n1. The van der Waals surface area contributed by atoms with Crippen molar-refractivity contribution in [1.29, 1.82) is 0 Å². The maximum absolute atomic E-state index is 5.10. The van der Waals surface area contributed by atoms with E-state index in [0.717, 1.165) is 5.52 Å². The molecule has 2 rings (SSSR count). The lowest BCUT2D eigenvalue weighted by Gasteiger charge is -2.05. The molecular formula is C12H13NO. The van der Waals surface area contributed by atoms with Crippen LogP contribution in [0.4, 0.5) is 0 Å². The second-order valence-corrected chi connectivity index (χ2v) is 3.51. The van der Waals surface area contributed by atoms with Crippen molar-refractivity contribution in [2.75, 3.05) is 7.11 Å². The Morgan fingerprint density at radius 1 is 1.14 bits per heavy atom. The number of aromatic nitrogens is 1. The number of rotatable bonds is 1. The molecular weight excluding hydrogens is 174 g/mol. The average molecular weight is 187 g/mol. The highest BCUT2D eigenvalue weighted by molar-refractivity contribution is 5.82. The molecule has 0 aliphatic carbocycles. The van der Waals surface area contributed by atoms with Gasteiger partial charge in [0, 0.05) is 11.5 Å². The second-order valence-electron chi connectivity index (χ2n) is 3.51. The number of benzene rings is 1. The van der Waals surface area contributed by atoms with Crippen LogP contribution in [0, 0.1) is 13.8 Å². The Bertz CT molecular complexity index is 477. The first-order valence-electron chi connectivity index (χ1n) is 4.62. The fourth-order valence-electron chi connectivity index (χ4n) is 1.69. The molecule has 1 heterocycles. The van der Waals surface area contributed by atoms with Crippen LogP contribution in [-0.4, -0.2) is 12.1 Å². The summed E-state index contributed by atoms with van der Waals surface area (Å²) >= 11 is 0. The Kier molecular flexibility index (Phi) is 2.12. The van der Waals surface area contributed by atoms with Crippen LogP contribution in [0.3, 0.4) is 0 Å². The molecule has 72 valence electrons. The number of pyridine rings is 1. The third-order valence-corrected chi connectivity index (χ3v) is 2.31. The largest absolute Gasteiger partial charge is 0.481 e. The normalized spacial score (nSPS) is 10.5. The molecule has 0 saturated heterocycles. The summed E-state index contributed by atoms with van der Waals surface area (Å²) in [5.41, 5.74) is 3.48. The molecule has 0 radical (unpaired) electrons. The third kappa shape index (κ3) is 1.43. The van der Waals surface area contributed by atoms with E-state index in [2.05, 4.69) is 31.0 Å². The van der Waals surface area contributed by atoms with Gasteiger partial charge in [-0.2, -0.15) is 0 Å². The monoisotopic (exact) mass is 187 g/mol. The van der Waals surface area contributed by atoms with Crippen molar-refractivity contribution in [3.63, 3.8) is 0 Å². The van der Waals surface area contributed by atoms with Gasteiger partial charge in [-0.05, 0) is 31.5 Å². The highest BCUT2D eigenvalue weighted by Gasteiger charge is 2.01. The quantitative estimate of drug-likeness (QED) is 0.684. The van der Waals surface area contributed by atoms with Crippen molar-refractivity contribution in [3.05, 3.63) is 35.4 Å². The molecule has 0 spiro atoms. The Hall–Kier alpha value is -1.57. The number of ether oxygens (including phenoxy) is 1. The van der Waals surface area contributed by atoms with Crippen LogP contribution in [0.5, 0.6) is 5.88 Å². The fraction of sp³-hybridized carbons (Fsp3) is 0.250. The average Bonchev–Trinajstić information content (AvgIpc) is 2.17. The molecule has 0 amide bonds. The molecule has 1 aromatic heterocycles. The molecule has 0 bridgehead atoms. The van der Waals surface area contributed by atoms with Crippen molar-refractivity contribution in [2.24, 2.45) is 0 Å². The minimum Gasteiger partial charge on any atom is -0.481 e. The van der Waals surface area contributed by atoms with Gasteiger partial charge in [-0.3, -0.25) is 0 Å². The van der Waals surface area contributed by atoms with Crippen LogP contribution in [-0.2, 0) is 0 Å². The summed E-state index contributed by atoms with van der Waals surface area (Å²) in [4.78, 5) is 4.41. The van der Waals surface area contributed by atoms with Crippen LogP contribution < -0.4 is 4.74 Å². The summed E-state index contributed by atoms with van der Waals surface area (Å²) in [6.07, 6.45) is 0. The van der Waals surface area contributed by atoms with Crippen molar-refractivity contribution in [1.82, 2.24) is 4.98 Å². The van der Waals surface area contributed by atoms with Crippen molar-refractivity contribution >= 4 is 10.9 Å². The summed E-state index contributed by atoms with van der Waals surface area (Å²) in [6, 6.07) is 8.20. The molecule has 0 N–H and O–H groups in total. The van der Waals surface area contributed by atoms with Gasteiger partial charge in [0.1, 0.15) is 0 Å². The predicted molar refractivity (Wildman–Crippen MR) is 57.8 cm³/mol. The van der Waals surface area contributed by atoms with E-state index in [1.54, 1.807) is 7.11 Å². The second kappa shape index (κ2) is 3.29. The van der Waals surface area contributed by atoms with Gasteiger partial charge in [0.15, 0.2) is 0 Å². The van der Waals surface area contributed by atoms with Crippen molar-refractivity contribution in [3.8, 4) is 5.88 Å². The molecule has 14 heavy (non-hydrogen) atoms. The van der Waals surface area contributed by atoms with Gasteiger partial charge >= 0.3 is 0 Å². The van der Waals surface area contributed by atoms with E-state index in [1.165, 1.54) is 16.5 Å². The highest BCUT2D eigenvalue weighted by Crippen LogP contribution is 2.21. The van der Waals surface area contributed by atoms with Crippen LogP contribution in [0.25, 0.3) is 10.9 Å². The van der Waals surface area contributed by atoms with Gasteiger partial charge in [0.2, 0.25) is 5.88 Å². The Morgan fingerprint density at radius 3 is 2.64 bits per heavy atom. The minimum absolute atomic E-state index is 0.671. The van der Waals surface area contributed by atoms with Crippen LogP contribution >= 0.6 is 0 Å².